The number of anilines is 1. The lowest BCUT2D eigenvalue weighted by molar-refractivity contribution is -0.384. The SMILES string of the molecule is COCCCN(C)c1ccc(CCl)cc1[N+](=O)[O-]. The van der Waals surface area contributed by atoms with E-state index in [4.69, 9.17) is 16.3 Å². The molecule has 6 heteroatoms. The van der Waals surface area contributed by atoms with Crippen LogP contribution in [-0.2, 0) is 10.6 Å². The molecule has 0 N–H and O–H groups in total. The Hall–Kier alpha value is -1.33. The number of nitro groups is 1. The summed E-state index contributed by atoms with van der Waals surface area (Å²) in [5.74, 6) is 0.272. The summed E-state index contributed by atoms with van der Waals surface area (Å²) in [5, 5.41) is 11.0. The summed E-state index contributed by atoms with van der Waals surface area (Å²) in [7, 11) is 3.47. The van der Waals surface area contributed by atoms with E-state index < -0.39 is 0 Å². The number of methoxy groups -OCH3 is 1. The van der Waals surface area contributed by atoms with Crippen LogP contribution in [0.4, 0.5) is 11.4 Å². The van der Waals surface area contributed by atoms with Crippen LogP contribution in [0.25, 0.3) is 0 Å². The molecule has 0 aliphatic rings. The fraction of sp³-hybridized carbons (Fsp3) is 0.500. The van der Waals surface area contributed by atoms with Gasteiger partial charge >= 0.3 is 0 Å². The van der Waals surface area contributed by atoms with Crippen molar-refractivity contribution in [3.8, 4) is 0 Å². The fourth-order valence-corrected chi connectivity index (χ4v) is 1.85. The molecule has 0 amide bonds. The lowest BCUT2D eigenvalue weighted by Gasteiger charge is -2.19. The van der Waals surface area contributed by atoms with Crippen molar-refractivity contribution in [1.82, 2.24) is 0 Å². The summed E-state index contributed by atoms with van der Waals surface area (Å²) in [6.07, 6.45) is 0.821. The molecule has 0 unspecified atom stereocenters. The molecule has 0 aromatic heterocycles. The van der Waals surface area contributed by atoms with Gasteiger partial charge in [-0.2, -0.15) is 0 Å². The van der Waals surface area contributed by atoms with Gasteiger partial charge in [0.15, 0.2) is 0 Å². The molecule has 0 aliphatic heterocycles. The van der Waals surface area contributed by atoms with Crippen molar-refractivity contribution >= 4 is 23.0 Å². The van der Waals surface area contributed by atoms with Crippen molar-refractivity contribution in [2.75, 3.05) is 32.2 Å². The van der Waals surface area contributed by atoms with Gasteiger partial charge in [0.25, 0.3) is 5.69 Å². The average molecular weight is 273 g/mol. The zero-order valence-corrected chi connectivity index (χ0v) is 11.3. The van der Waals surface area contributed by atoms with Crippen LogP contribution in [0, 0.1) is 10.1 Å². The van der Waals surface area contributed by atoms with E-state index in [9.17, 15) is 10.1 Å². The molecule has 1 aromatic rings. The molecule has 18 heavy (non-hydrogen) atoms. The second-order valence-corrected chi connectivity index (χ2v) is 4.25. The molecule has 0 saturated carbocycles. The van der Waals surface area contributed by atoms with Crippen LogP contribution in [-0.4, -0.2) is 32.2 Å². The maximum atomic E-state index is 11.0. The van der Waals surface area contributed by atoms with E-state index in [-0.39, 0.29) is 16.5 Å². The van der Waals surface area contributed by atoms with E-state index in [0.717, 1.165) is 12.0 Å². The van der Waals surface area contributed by atoms with Gasteiger partial charge in [0.2, 0.25) is 0 Å². The van der Waals surface area contributed by atoms with Crippen LogP contribution in [0.3, 0.4) is 0 Å². The largest absolute Gasteiger partial charge is 0.385 e. The third-order valence-corrected chi connectivity index (χ3v) is 2.95. The Morgan fingerprint density at radius 3 is 2.78 bits per heavy atom. The van der Waals surface area contributed by atoms with Crippen LogP contribution in [0.15, 0.2) is 18.2 Å². The molecule has 0 saturated heterocycles. The quantitative estimate of drug-likeness (QED) is 0.331. The van der Waals surface area contributed by atoms with Crippen LogP contribution >= 0.6 is 11.6 Å². The highest BCUT2D eigenvalue weighted by molar-refractivity contribution is 6.17. The van der Waals surface area contributed by atoms with Gasteiger partial charge in [0, 0.05) is 39.3 Å². The number of ether oxygens (including phenoxy) is 1. The van der Waals surface area contributed by atoms with Crippen LogP contribution in [0.5, 0.6) is 0 Å². The summed E-state index contributed by atoms with van der Waals surface area (Å²) in [6.45, 7) is 1.34. The molecule has 0 spiro atoms. The highest BCUT2D eigenvalue weighted by atomic mass is 35.5. The van der Waals surface area contributed by atoms with E-state index in [1.165, 1.54) is 6.07 Å². The topological polar surface area (TPSA) is 55.6 Å². The number of hydrogen-bond acceptors (Lipinski definition) is 4. The molecular weight excluding hydrogens is 256 g/mol. The molecule has 1 aromatic carbocycles. The summed E-state index contributed by atoms with van der Waals surface area (Å²) in [4.78, 5) is 12.5. The Morgan fingerprint density at radius 1 is 1.50 bits per heavy atom. The van der Waals surface area contributed by atoms with Crippen molar-refractivity contribution in [3.63, 3.8) is 0 Å². The number of halogens is 1. The third-order valence-electron chi connectivity index (χ3n) is 2.64. The zero-order valence-electron chi connectivity index (χ0n) is 10.6. The van der Waals surface area contributed by atoms with Gasteiger partial charge in [-0.15, -0.1) is 11.6 Å². The summed E-state index contributed by atoms with van der Waals surface area (Å²) in [6, 6.07) is 5.07. The monoisotopic (exact) mass is 272 g/mol. The first kappa shape index (κ1) is 14.7. The standard InChI is InChI=1S/C12H17ClN2O3/c1-14(6-3-7-18-2)11-5-4-10(9-13)8-12(11)15(16)17/h4-5,8H,3,6-7,9H2,1-2H3. The fourth-order valence-electron chi connectivity index (χ4n) is 1.69. The lowest BCUT2D eigenvalue weighted by Crippen LogP contribution is -2.20. The minimum absolute atomic E-state index is 0.0908. The molecule has 0 heterocycles. The van der Waals surface area contributed by atoms with Crippen LogP contribution < -0.4 is 4.90 Å². The van der Waals surface area contributed by atoms with E-state index in [2.05, 4.69) is 0 Å². The Labute approximate surface area is 111 Å². The van der Waals surface area contributed by atoms with Crippen molar-refractivity contribution in [1.29, 1.82) is 0 Å². The van der Waals surface area contributed by atoms with E-state index in [0.29, 0.717) is 18.8 Å². The summed E-state index contributed by atoms with van der Waals surface area (Å²) in [5.41, 5.74) is 1.44. The maximum absolute atomic E-state index is 11.0. The number of nitro benzene ring substituents is 1. The third kappa shape index (κ3) is 3.85. The average Bonchev–Trinajstić information content (AvgIpc) is 2.38. The van der Waals surface area contributed by atoms with Gasteiger partial charge in [0.05, 0.1) is 4.92 Å². The Morgan fingerprint density at radius 2 is 2.22 bits per heavy atom. The van der Waals surface area contributed by atoms with E-state index in [1.807, 2.05) is 18.0 Å². The Bertz CT molecular complexity index is 412. The molecule has 0 radical (unpaired) electrons. The summed E-state index contributed by atoms with van der Waals surface area (Å²) < 4.78 is 4.96. The van der Waals surface area contributed by atoms with Gasteiger partial charge in [-0.1, -0.05) is 6.07 Å². The molecule has 0 bridgehead atoms. The van der Waals surface area contributed by atoms with Gasteiger partial charge in [-0.25, -0.2) is 0 Å². The Kier molecular flexibility index (Phi) is 5.88. The van der Waals surface area contributed by atoms with Crippen molar-refractivity contribution < 1.29 is 9.66 Å². The van der Waals surface area contributed by atoms with Gasteiger partial charge in [0.1, 0.15) is 5.69 Å². The lowest BCUT2D eigenvalue weighted by atomic mass is 10.1. The van der Waals surface area contributed by atoms with Crippen molar-refractivity contribution in [3.05, 3.63) is 33.9 Å². The maximum Gasteiger partial charge on any atom is 0.292 e. The van der Waals surface area contributed by atoms with Gasteiger partial charge in [-0.05, 0) is 18.1 Å². The molecular formula is C12H17ClN2O3. The molecule has 100 valence electrons. The molecule has 0 aliphatic carbocycles. The highest BCUT2D eigenvalue weighted by Gasteiger charge is 2.17. The first-order chi connectivity index (χ1) is 8.60. The number of nitrogens with zero attached hydrogens (tertiary/aromatic N) is 2. The zero-order chi connectivity index (χ0) is 13.5. The first-order valence-corrected chi connectivity index (χ1v) is 6.17. The molecule has 0 fully saturated rings. The van der Waals surface area contributed by atoms with E-state index in [1.54, 1.807) is 13.2 Å². The molecule has 1 rings (SSSR count). The van der Waals surface area contributed by atoms with Crippen molar-refractivity contribution in [2.24, 2.45) is 0 Å². The number of benzene rings is 1. The minimum Gasteiger partial charge on any atom is -0.385 e. The number of rotatable bonds is 7. The second-order valence-electron chi connectivity index (χ2n) is 3.98. The van der Waals surface area contributed by atoms with Crippen LogP contribution in [0.2, 0.25) is 0 Å². The summed E-state index contributed by atoms with van der Waals surface area (Å²) >= 11 is 5.69. The Balaban J connectivity index is 2.89. The predicted molar refractivity (Wildman–Crippen MR) is 72.4 cm³/mol. The smallest absolute Gasteiger partial charge is 0.292 e. The van der Waals surface area contributed by atoms with Gasteiger partial charge < -0.3 is 9.64 Å². The van der Waals surface area contributed by atoms with Gasteiger partial charge in [-0.3, -0.25) is 10.1 Å². The highest BCUT2D eigenvalue weighted by Crippen LogP contribution is 2.29. The molecule has 5 nitrogen and oxygen atoms in total. The minimum atomic E-state index is -0.377. The van der Waals surface area contributed by atoms with Crippen LogP contribution in [0.1, 0.15) is 12.0 Å². The molecule has 0 atom stereocenters. The van der Waals surface area contributed by atoms with Crippen molar-refractivity contribution in [2.45, 2.75) is 12.3 Å². The number of alkyl halides is 1. The predicted octanol–water partition coefficient (Wildman–Crippen LogP) is 2.81. The van der Waals surface area contributed by atoms with E-state index >= 15 is 0 Å². The first-order valence-electron chi connectivity index (χ1n) is 5.63. The normalized spacial score (nSPS) is 10.4. The second kappa shape index (κ2) is 7.18. The number of hydrogen-bond donors (Lipinski definition) is 0.